The van der Waals surface area contributed by atoms with Crippen molar-refractivity contribution in [1.82, 2.24) is 0 Å². The van der Waals surface area contributed by atoms with Crippen LogP contribution >= 0.6 is 45.3 Å². The molecule has 350 valence electrons. The second kappa shape index (κ2) is 19.1. The van der Waals surface area contributed by atoms with Crippen molar-refractivity contribution in [3.63, 3.8) is 0 Å². The minimum atomic E-state index is 1.11. The van der Waals surface area contributed by atoms with E-state index >= 15 is 0 Å². The summed E-state index contributed by atoms with van der Waals surface area (Å²) in [6, 6.07) is 54.6. The Morgan fingerprint density at radius 1 is 0.200 bits per heavy atom. The van der Waals surface area contributed by atoms with Gasteiger partial charge in [0, 0.05) is 73.1 Å². The molecule has 0 N–H and O–H groups in total. The van der Waals surface area contributed by atoms with E-state index in [0.29, 0.717) is 0 Å². The molecule has 0 radical (unpaired) electrons. The molecule has 4 heterocycles. The van der Waals surface area contributed by atoms with Crippen LogP contribution in [-0.2, 0) is 0 Å². The smallest absolute Gasteiger partial charge is 0.0462 e. The average Bonchev–Trinajstić information content (AvgIpc) is 4.00. The van der Waals surface area contributed by atoms with Crippen molar-refractivity contribution in [2.45, 2.75) is 83.1 Å². The predicted molar refractivity (Wildman–Crippen MR) is 311 cm³/mol. The van der Waals surface area contributed by atoms with Crippen LogP contribution in [0.25, 0.3) is 52.9 Å². The van der Waals surface area contributed by atoms with E-state index in [9.17, 15) is 0 Å². The fraction of sp³-hybridized carbons (Fsp3) is 0.188. The van der Waals surface area contributed by atoms with Gasteiger partial charge in [0.05, 0.1) is 0 Å². The summed E-state index contributed by atoms with van der Waals surface area (Å²) in [4.78, 5) is 15.7. The molecule has 6 heteroatoms. The van der Waals surface area contributed by atoms with E-state index in [1.807, 2.05) is 45.3 Å². The van der Waals surface area contributed by atoms with E-state index in [1.165, 1.54) is 117 Å². The van der Waals surface area contributed by atoms with E-state index in [0.717, 1.165) is 34.1 Å². The van der Waals surface area contributed by atoms with Crippen molar-refractivity contribution in [1.29, 1.82) is 0 Å². The van der Waals surface area contributed by atoms with Crippen LogP contribution in [0.5, 0.6) is 0 Å². The van der Waals surface area contributed by atoms with Gasteiger partial charge >= 0.3 is 0 Å². The van der Waals surface area contributed by atoms with E-state index < -0.39 is 0 Å². The first-order chi connectivity index (χ1) is 33.7. The molecular formula is C64H60N2S4. The topological polar surface area (TPSA) is 6.48 Å². The molecule has 0 aliphatic rings. The number of anilines is 6. The Labute approximate surface area is 431 Å². The SMILES string of the molecule is Cc1sc(-c2ccc(N(c3ccc(-c4ccc(N(c5ccc(-c6sc(C)c(C)c6C)cc5)c5ccc(-c6sc(C)c(C)c6C)cc5)cc4)cc3)c3ccc(-c4sc(C)c(C)c4C)cc3)cc2)c(C)c1C. The van der Waals surface area contributed by atoms with Crippen LogP contribution in [0, 0.1) is 83.1 Å². The third kappa shape index (κ3) is 8.70. The fourth-order valence-corrected chi connectivity index (χ4v) is 14.3. The van der Waals surface area contributed by atoms with Gasteiger partial charge in [0.15, 0.2) is 0 Å². The highest BCUT2D eigenvalue weighted by Gasteiger charge is 2.20. The number of thiophene rings is 4. The van der Waals surface area contributed by atoms with Crippen molar-refractivity contribution in [2.24, 2.45) is 0 Å². The van der Waals surface area contributed by atoms with Crippen LogP contribution in [0.15, 0.2) is 146 Å². The van der Waals surface area contributed by atoms with Crippen LogP contribution in [-0.4, -0.2) is 0 Å². The second-order valence-electron chi connectivity index (χ2n) is 18.9. The first-order valence-electron chi connectivity index (χ1n) is 24.2. The quantitative estimate of drug-likeness (QED) is 0.127. The molecule has 0 aliphatic heterocycles. The Balaban J connectivity index is 0.979. The van der Waals surface area contributed by atoms with Crippen molar-refractivity contribution in [3.05, 3.63) is 210 Å². The zero-order valence-corrected chi connectivity index (χ0v) is 45.6. The fourth-order valence-electron chi connectivity index (χ4n) is 9.61. The van der Waals surface area contributed by atoms with E-state index in [4.69, 9.17) is 0 Å². The third-order valence-corrected chi connectivity index (χ3v) is 20.3. The predicted octanol–water partition coefficient (Wildman–Crippen LogP) is 20.9. The first-order valence-corrected chi connectivity index (χ1v) is 27.4. The van der Waals surface area contributed by atoms with Gasteiger partial charge in [-0.25, -0.2) is 0 Å². The van der Waals surface area contributed by atoms with Gasteiger partial charge in [0.1, 0.15) is 0 Å². The zero-order chi connectivity index (χ0) is 49.1. The normalized spacial score (nSPS) is 11.4. The van der Waals surface area contributed by atoms with Crippen molar-refractivity contribution in [3.8, 4) is 52.9 Å². The lowest BCUT2D eigenvalue weighted by Crippen LogP contribution is -2.10. The summed E-state index contributed by atoms with van der Waals surface area (Å²) in [6.07, 6.45) is 0. The number of hydrogen-bond acceptors (Lipinski definition) is 6. The number of aryl methyl sites for hydroxylation is 4. The standard InChI is InChI=1S/C64H60N2S4/c1-37-41(5)61(67-45(37)9)51-17-29-57(30-18-51)65(58-31-19-52(20-32-58)62-42(6)38(2)46(10)68-62)55-25-13-49(14-26-55)50-15-27-56(28-16-50)66(59-33-21-53(22-34-59)63-43(7)39(3)47(11)69-63)60-35-23-54(24-36-60)64-44(8)40(4)48(12)70-64/h13-36H,1-12H3. The zero-order valence-electron chi connectivity index (χ0n) is 42.4. The molecule has 0 fully saturated rings. The molecule has 0 unspecified atom stereocenters. The Kier molecular flexibility index (Phi) is 13.0. The minimum absolute atomic E-state index is 1.11. The summed E-state index contributed by atoms with van der Waals surface area (Å²) >= 11 is 7.56. The maximum absolute atomic E-state index is 2.38. The minimum Gasteiger partial charge on any atom is -0.311 e. The van der Waals surface area contributed by atoms with Crippen LogP contribution in [0.1, 0.15) is 64.0 Å². The maximum atomic E-state index is 2.38. The number of rotatable bonds is 11. The molecule has 4 aromatic heterocycles. The van der Waals surface area contributed by atoms with Gasteiger partial charge in [-0.1, -0.05) is 72.8 Å². The average molecular weight is 985 g/mol. The maximum Gasteiger partial charge on any atom is 0.0462 e. The molecule has 10 aromatic rings. The summed E-state index contributed by atoms with van der Waals surface area (Å²) in [7, 11) is 0. The van der Waals surface area contributed by atoms with Crippen LogP contribution in [0.2, 0.25) is 0 Å². The summed E-state index contributed by atoms with van der Waals surface area (Å²) in [5.74, 6) is 0. The van der Waals surface area contributed by atoms with Crippen molar-refractivity contribution < 1.29 is 0 Å². The van der Waals surface area contributed by atoms with Gasteiger partial charge in [-0.05, 0) is 234 Å². The van der Waals surface area contributed by atoms with Gasteiger partial charge in [0.2, 0.25) is 0 Å². The van der Waals surface area contributed by atoms with Gasteiger partial charge in [-0.2, -0.15) is 0 Å². The highest BCUT2D eigenvalue weighted by molar-refractivity contribution is 7.16. The molecule has 10 rings (SSSR count). The Hall–Kier alpha value is -6.28. The first kappa shape index (κ1) is 47.4. The Morgan fingerprint density at radius 2 is 0.357 bits per heavy atom. The molecule has 0 saturated carbocycles. The van der Waals surface area contributed by atoms with Crippen LogP contribution in [0.4, 0.5) is 34.1 Å². The summed E-state index contributed by atoms with van der Waals surface area (Å²) < 4.78 is 0. The van der Waals surface area contributed by atoms with Crippen molar-refractivity contribution in [2.75, 3.05) is 9.80 Å². The number of nitrogens with zero attached hydrogens (tertiary/aromatic N) is 2. The molecule has 0 spiro atoms. The van der Waals surface area contributed by atoms with Crippen LogP contribution in [0.3, 0.4) is 0 Å². The molecule has 0 amide bonds. The van der Waals surface area contributed by atoms with E-state index in [-0.39, 0.29) is 0 Å². The third-order valence-electron chi connectivity index (χ3n) is 14.9. The second-order valence-corrected chi connectivity index (χ2v) is 23.8. The Bertz CT molecular complexity index is 3080. The highest BCUT2D eigenvalue weighted by Crippen LogP contribution is 2.44. The molecule has 0 aliphatic carbocycles. The molecule has 70 heavy (non-hydrogen) atoms. The summed E-state index contributed by atoms with van der Waals surface area (Å²) in [5, 5.41) is 0. The monoisotopic (exact) mass is 984 g/mol. The van der Waals surface area contributed by atoms with Gasteiger partial charge in [-0.15, -0.1) is 45.3 Å². The summed E-state index contributed by atoms with van der Waals surface area (Å²) in [6.45, 7) is 26.8. The lowest BCUT2D eigenvalue weighted by atomic mass is 10.0. The highest BCUT2D eigenvalue weighted by atomic mass is 32.1. The molecule has 2 nitrogen and oxygen atoms in total. The van der Waals surface area contributed by atoms with E-state index in [1.54, 1.807) is 0 Å². The molecule has 6 aromatic carbocycles. The van der Waals surface area contributed by atoms with Crippen LogP contribution < -0.4 is 9.80 Å². The Morgan fingerprint density at radius 3 is 0.500 bits per heavy atom. The molecule has 0 atom stereocenters. The largest absolute Gasteiger partial charge is 0.311 e. The number of benzene rings is 6. The molecule has 0 bridgehead atoms. The molecular weight excluding hydrogens is 925 g/mol. The van der Waals surface area contributed by atoms with Gasteiger partial charge < -0.3 is 9.80 Å². The lowest BCUT2D eigenvalue weighted by Gasteiger charge is -2.27. The van der Waals surface area contributed by atoms with Crippen molar-refractivity contribution >= 4 is 79.5 Å². The molecule has 0 saturated heterocycles. The van der Waals surface area contributed by atoms with Gasteiger partial charge in [0.25, 0.3) is 0 Å². The summed E-state index contributed by atoms with van der Waals surface area (Å²) in [5.41, 5.74) is 25.2. The lowest BCUT2D eigenvalue weighted by molar-refractivity contribution is 1.28. The number of hydrogen-bond donors (Lipinski definition) is 0. The van der Waals surface area contributed by atoms with Gasteiger partial charge in [-0.3, -0.25) is 0 Å². The van der Waals surface area contributed by atoms with E-state index in [2.05, 4.69) is 238 Å².